The highest BCUT2D eigenvalue weighted by Crippen LogP contribution is 2.50. The third-order valence-electron chi connectivity index (χ3n) is 4.73. The second-order valence-corrected chi connectivity index (χ2v) is 6.23. The lowest BCUT2D eigenvalue weighted by Gasteiger charge is -2.49. The van der Waals surface area contributed by atoms with Crippen LogP contribution in [0.1, 0.15) is 38.2 Å². The molecule has 1 aliphatic heterocycles. The van der Waals surface area contributed by atoms with Gasteiger partial charge in [-0.1, -0.05) is 25.8 Å². The molecule has 3 rings (SSSR count). The van der Waals surface area contributed by atoms with Crippen molar-refractivity contribution in [1.29, 1.82) is 0 Å². The number of likely N-dealkylation sites (N-methyl/N-ethyl adjacent to an activating group) is 1. The van der Waals surface area contributed by atoms with E-state index in [1.54, 1.807) is 0 Å². The minimum Gasteiger partial charge on any atom is -0.486 e. The van der Waals surface area contributed by atoms with Crippen molar-refractivity contribution in [2.45, 2.75) is 38.0 Å². The first-order valence-electron chi connectivity index (χ1n) is 7.82. The van der Waals surface area contributed by atoms with Gasteiger partial charge in [0, 0.05) is 12.0 Å². The summed E-state index contributed by atoms with van der Waals surface area (Å²) in [6.45, 7) is 4.65. The third kappa shape index (κ3) is 2.39. The van der Waals surface area contributed by atoms with E-state index in [4.69, 9.17) is 9.47 Å². The Labute approximate surface area is 121 Å². The fourth-order valence-corrected chi connectivity index (χ4v) is 3.85. The molecule has 3 heteroatoms. The second kappa shape index (κ2) is 5.65. The van der Waals surface area contributed by atoms with Crippen molar-refractivity contribution >= 4 is 0 Å². The van der Waals surface area contributed by atoms with Crippen LogP contribution in [0.15, 0.2) is 18.2 Å². The lowest BCUT2D eigenvalue weighted by molar-refractivity contribution is 0.129. The van der Waals surface area contributed by atoms with Crippen LogP contribution >= 0.6 is 0 Å². The molecule has 1 aliphatic carbocycles. The Bertz CT molecular complexity index is 466. The normalized spacial score (nSPS) is 28.0. The monoisotopic (exact) mass is 275 g/mol. The van der Waals surface area contributed by atoms with Gasteiger partial charge in [-0.25, -0.2) is 0 Å². The van der Waals surface area contributed by atoms with E-state index in [1.165, 1.54) is 31.2 Å². The lowest BCUT2D eigenvalue weighted by Crippen LogP contribution is -2.48. The smallest absolute Gasteiger partial charge is 0.161 e. The van der Waals surface area contributed by atoms with Gasteiger partial charge in [0.2, 0.25) is 0 Å². The summed E-state index contributed by atoms with van der Waals surface area (Å²) < 4.78 is 11.4. The molecule has 1 aromatic rings. The van der Waals surface area contributed by atoms with Crippen LogP contribution in [0.4, 0.5) is 0 Å². The Morgan fingerprint density at radius 3 is 2.65 bits per heavy atom. The minimum absolute atomic E-state index is 0.296. The zero-order chi connectivity index (χ0) is 14.0. The Morgan fingerprint density at radius 1 is 1.20 bits per heavy atom. The number of rotatable bonds is 5. The molecule has 0 radical (unpaired) electrons. The van der Waals surface area contributed by atoms with Crippen molar-refractivity contribution < 1.29 is 9.47 Å². The highest BCUT2D eigenvalue weighted by atomic mass is 16.6. The van der Waals surface area contributed by atoms with Crippen LogP contribution in [0.3, 0.4) is 0 Å². The molecule has 110 valence electrons. The summed E-state index contributed by atoms with van der Waals surface area (Å²) in [5.74, 6) is 2.70. The van der Waals surface area contributed by atoms with Crippen LogP contribution in [-0.2, 0) is 5.41 Å². The average Bonchev–Trinajstić information content (AvgIpc) is 2.44. The van der Waals surface area contributed by atoms with Gasteiger partial charge in [0.25, 0.3) is 0 Å². The largest absolute Gasteiger partial charge is 0.486 e. The van der Waals surface area contributed by atoms with E-state index in [9.17, 15) is 0 Å². The van der Waals surface area contributed by atoms with Crippen LogP contribution in [0.25, 0.3) is 0 Å². The van der Waals surface area contributed by atoms with Crippen molar-refractivity contribution in [3.8, 4) is 11.5 Å². The molecule has 0 amide bonds. The van der Waals surface area contributed by atoms with Gasteiger partial charge in [-0.05, 0) is 43.5 Å². The Hall–Kier alpha value is -1.22. The Morgan fingerprint density at radius 2 is 1.95 bits per heavy atom. The fraction of sp³-hybridized carbons (Fsp3) is 0.647. The number of hydrogen-bond acceptors (Lipinski definition) is 3. The predicted molar refractivity (Wildman–Crippen MR) is 80.7 cm³/mol. The molecular weight excluding hydrogens is 250 g/mol. The van der Waals surface area contributed by atoms with Gasteiger partial charge in [-0.15, -0.1) is 0 Å². The van der Waals surface area contributed by atoms with Crippen LogP contribution in [0.2, 0.25) is 0 Å². The highest BCUT2D eigenvalue weighted by Gasteiger charge is 2.44. The van der Waals surface area contributed by atoms with E-state index in [-0.39, 0.29) is 0 Å². The fourth-order valence-electron chi connectivity index (χ4n) is 3.85. The van der Waals surface area contributed by atoms with E-state index in [0.717, 1.165) is 24.0 Å². The topological polar surface area (TPSA) is 30.5 Å². The summed E-state index contributed by atoms with van der Waals surface area (Å²) in [7, 11) is 2.05. The molecule has 1 N–H and O–H groups in total. The first-order valence-corrected chi connectivity index (χ1v) is 7.82. The van der Waals surface area contributed by atoms with E-state index < -0.39 is 0 Å². The summed E-state index contributed by atoms with van der Waals surface area (Å²) in [6, 6.07) is 6.51. The summed E-state index contributed by atoms with van der Waals surface area (Å²) in [5, 5.41) is 3.38. The molecule has 1 fully saturated rings. The van der Waals surface area contributed by atoms with Gasteiger partial charge in [0.15, 0.2) is 11.5 Å². The summed E-state index contributed by atoms with van der Waals surface area (Å²) in [4.78, 5) is 0. The molecule has 0 atom stereocenters. The number of ether oxygens (including phenoxy) is 2. The van der Waals surface area contributed by atoms with E-state index in [2.05, 4.69) is 30.4 Å². The zero-order valence-electron chi connectivity index (χ0n) is 12.6. The molecular formula is C17H25NO2. The number of fused-ring (bicyclic) bond motifs is 1. The van der Waals surface area contributed by atoms with E-state index in [0.29, 0.717) is 18.6 Å². The summed E-state index contributed by atoms with van der Waals surface area (Å²) in [6.07, 6.45) is 5.24. The molecule has 0 saturated heterocycles. The molecule has 0 bridgehead atoms. The van der Waals surface area contributed by atoms with Crippen molar-refractivity contribution in [2.24, 2.45) is 5.92 Å². The maximum Gasteiger partial charge on any atom is 0.161 e. The van der Waals surface area contributed by atoms with Crippen molar-refractivity contribution in [1.82, 2.24) is 5.32 Å². The number of benzene rings is 1. The van der Waals surface area contributed by atoms with Gasteiger partial charge < -0.3 is 14.8 Å². The second-order valence-electron chi connectivity index (χ2n) is 6.23. The zero-order valence-corrected chi connectivity index (χ0v) is 12.6. The maximum atomic E-state index is 5.73. The first-order chi connectivity index (χ1) is 9.77. The van der Waals surface area contributed by atoms with Gasteiger partial charge in [-0.3, -0.25) is 0 Å². The Kier molecular flexibility index (Phi) is 3.88. The quantitative estimate of drug-likeness (QED) is 0.895. The number of nitrogens with one attached hydrogen (secondary N) is 1. The van der Waals surface area contributed by atoms with Crippen molar-refractivity contribution in [2.75, 3.05) is 26.8 Å². The molecule has 2 aliphatic rings. The minimum atomic E-state index is 0.296. The molecule has 0 aromatic heterocycles. The first kappa shape index (κ1) is 13.7. The summed E-state index contributed by atoms with van der Waals surface area (Å²) >= 11 is 0. The molecule has 20 heavy (non-hydrogen) atoms. The van der Waals surface area contributed by atoms with Crippen LogP contribution in [-0.4, -0.2) is 26.8 Å². The molecule has 3 nitrogen and oxygen atoms in total. The number of hydrogen-bond donors (Lipinski definition) is 1. The Balaban J connectivity index is 1.82. The molecule has 1 heterocycles. The predicted octanol–water partition coefficient (Wildman–Crippen LogP) is 3.13. The van der Waals surface area contributed by atoms with Crippen molar-refractivity contribution in [3.63, 3.8) is 0 Å². The van der Waals surface area contributed by atoms with Crippen LogP contribution in [0, 0.1) is 5.92 Å². The van der Waals surface area contributed by atoms with Gasteiger partial charge >= 0.3 is 0 Å². The maximum absolute atomic E-state index is 5.73. The van der Waals surface area contributed by atoms with Crippen molar-refractivity contribution in [3.05, 3.63) is 23.8 Å². The molecule has 1 saturated carbocycles. The summed E-state index contributed by atoms with van der Waals surface area (Å²) in [5.41, 5.74) is 1.70. The molecule has 1 aromatic carbocycles. The lowest BCUT2D eigenvalue weighted by atomic mass is 9.57. The van der Waals surface area contributed by atoms with Gasteiger partial charge in [0.05, 0.1) is 0 Å². The SMILES string of the molecule is CCCC1CC(CNC)(c2ccc3c(c2)OCCO3)C1. The third-order valence-corrected chi connectivity index (χ3v) is 4.73. The van der Waals surface area contributed by atoms with Gasteiger partial charge in [0.1, 0.15) is 13.2 Å². The van der Waals surface area contributed by atoms with E-state index in [1.807, 2.05) is 7.05 Å². The van der Waals surface area contributed by atoms with Crippen LogP contribution < -0.4 is 14.8 Å². The highest BCUT2D eigenvalue weighted by molar-refractivity contribution is 5.47. The molecule has 0 unspecified atom stereocenters. The molecule has 0 spiro atoms. The van der Waals surface area contributed by atoms with Gasteiger partial charge in [-0.2, -0.15) is 0 Å². The average molecular weight is 275 g/mol. The van der Waals surface area contributed by atoms with E-state index >= 15 is 0 Å². The van der Waals surface area contributed by atoms with Crippen LogP contribution in [0.5, 0.6) is 11.5 Å². The standard InChI is InChI=1S/C17H25NO2/c1-3-4-13-10-17(11-13,12-18-2)14-5-6-15-16(9-14)20-8-7-19-15/h5-6,9,13,18H,3-4,7-8,10-12H2,1-2H3.